The Morgan fingerprint density at radius 3 is 3.00 bits per heavy atom. The van der Waals surface area contributed by atoms with Gasteiger partial charge in [0, 0.05) is 12.2 Å². The van der Waals surface area contributed by atoms with E-state index in [9.17, 15) is 0 Å². The monoisotopic (exact) mass is 245 g/mol. The van der Waals surface area contributed by atoms with Crippen LogP contribution in [0.1, 0.15) is 6.92 Å². The summed E-state index contributed by atoms with van der Waals surface area (Å²) < 4.78 is 6.00. The van der Waals surface area contributed by atoms with Crippen molar-refractivity contribution < 1.29 is 0 Å². The lowest BCUT2D eigenvalue weighted by Gasteiger charge is -2.03. The summed E-state index contributed by atoms with van der Waals surface area (Å²) >= 11 is 1.35. The molecule has 0 saturated heterocycles. The number of anilines is 1. The Balaban J connectivity index is 2.32. The minimum Gasteiger partial charge on any atom is -0.399 e. The summed E-state index contributed by atoms with van der Waals surface area (Å²) in [6.07, 6.45) is 1.74. The number of benzene rings is 1. The third-order valence-electron chi connectivity index (χ3n) is 2.67. The lowest BCUT2D eigenvalue weighted by molar-refractivity contribution is 0.798. The summed E-state index contributed by atoms with van der Waals surface area (Å²) in [5, 5.41) is 3.85. The van der Waals surface area contributed by atoms with Crippen molar-refractivity contribution in [2.45, 2.75) is 13.5 Å². The topological polar surface area (TPSA) is 69.6 Å². The van der Waals surface area contributed by atoms with Crippen molar-refractivity contribution in [2.24, 2.45) is 0 Å². The second-order valence-electron chi connectivity index (χ2n) is 3.71. The summed E-state index contributed by atoms with van der Waals surface area (Å²) in [5.74, 6) is 0.906. The van der Waals surface area contributed by atoms with Crippen LogP contribution in [0, 0.1) is 0 Å². The van der Waals surface area contributed by atoms with Crippen LogP contribution in [-0.2, 0) is 6.54 Å². The molecule has 2 N–H and O–H groups in total. The molecule has 0 bridgehead atoms. The Morgan fingerprint density at radius 1 is 1.41 bits per heavy atom. The molecule has 3 rings (SSSR count). The summed E-state index contributed by atoms with van der Waals surface area (Å²) in [4.78, 5) is 5.58. The Hall–Kier alpha value is -1.95. The molecule has 0 radical (unpaired) electrons. The largest absolute Gasteiger partial charge is 0.399 e. The molecular formula is C11H11N5S. The molecule has 17 heavy (non-hydrogen) atoms. The van der Waals surface area contributed by atoms with Crippen LogP contribution in [0.4, 0.5) is 5.69 Å². The van der Waals surface area contributed by atoms with E-state index in [4.69, 9.17) is 5.73 Å². The van der Waals surface area contributed by atoms with Crippen LogP contribution in [0.5, 0.6) is 0 Å². The smallest absolute Gasteiger partial charge is 0.154 e. The highest BCUT2D eigenvalue weighted by atomic mass is 32.1. The predicted molar refractivity (Wildman–Crippen MR) is 68.7 cm³/mol. The van der Waals surface area contributed by atoms with Crippen LogP contribution in [0.25, 0.3) is 21.7 Å². The van der Waals surface area contributed by atoms with Crippen LogP contribution >= 0.6 is 11.5 Å². The van der Waals surface area contributed by atoms with Gasteiger partial charge in [0.2, 0.25) is 0 Å². The number of fused-ring (bicyclic) bond motifs is 1. The predicted octanol–water partition coefficient (Wildman–Crippen LogP) is 2.16. The van der Waals surface area contributed by atoms with E-state index in [1.54, 1.807) is 6.20 Å². The van der Waals surface area contributed by atoms with E-state index < -0.39 is 0 Å². The van der Waals surface area contributed by atoms with Gasteiger partial charge in [-0.05, 0) is 36.7 Å². The van der Waals surface area contributed by atoms with Gasteiger partial charge in [-0.15, -0.1) is 5.10 Å². The third-order valence-corrected chi connectivity index (χ3v) is 3.33. The molecule has 2 heterocycles. The highest BCUT2D eigenvalue weighted by molar-refractivity contribution is 7.09. The third kappa shape index (κ3) is 1.57. The molecule has 0 aliphatic heterocycles. The lowest BCUT2D eigenvalue weighted by Crippen LogP contribution is -1.96. The van der Waals surface area contributed by atoms with E-state index in [2.05, 4.69) is 26.1 Å². The normalized spacial score (nSPS) is 11.1. The Kier molecular flexibility index (Phi) is 2.29. The first kappa shape index (κ1) is 10.2. The Labute approximate surface area is 102 Å². The average Bonchev–Trinajstić information content (AvgIpc) is 2.94. The minimum atomic E-state index is 0.751. The quantitative estimate of drug-likeness (QED) is 0.702. The van der Waals surface area contributed by atoms with Crippen molar-refractivity contribution in [3.63, 3.8) is 0 Å². The lowest BCUT2D eigenvalue weighted by atomic mass is 10.3. The highest BCUT2D eigenvalue weighted by Gasteiger charge is 2.13. The molecule has 2 aromatic heterocycles. The van der Waals surface area contributed by atoms with E-state index in [1.165, 1.54) is 11.5 Å². The van der Waals surface area contributed by atoms with Crippen molar-refractivity contribution in [1.82, 2.24) is 19.1 Å². The standard InChI is InChI=1S/C11H11N5S/c1-2-16-9-5-7(12)3-4-8(9)14-11(16)10-6-13-15-17-10/h3-6H,2,12H2,1H3. The first-order chi connectivity index (χ1) is 8.29. The number of hydrogen-bond acceptors (Lipinski definition) is 5. The number of rotatable bonds is 2. The van der Waals surface area contributed by atoms with Crippen molar-refractivity contribution in [1.29, 1.82) is 0 Å². The molecule has 0 atom stereocenters. The zero-order chi connectivity index (χ0) is 11.8. The van der Waals surface area contributed by atoms with Crippen molar-refractivity contribution in [2.75, 3.05) is 5.73 Å². The number of aromatic nitrogens is 4. The maximum Gasteiger partial charge on any atom is 0.154 e. The summed E-state index contributed by atoms with van der Waals surface area (Å²) in [7, 11) is 0. The van der Waals surface area contributed by atoms with E-state index in [-0.39, 0.29) is 0 Å². The molecule has 0 fully saturated rings. The van der Waals surface area contributed by atoms with Gasteiger partial charge in [0.15, 0.2) is 5.82 Å². The summed E-state index contributed by atoms with van der Waals surface area (Å²) in [6.45, 7) is 2.93. The molecule has 5 nitrogen and oxygen atoms in total. The van der Waals surface area contributed by atoms with Crippen LogP contribution in [0.3, 0.4) is 0 Å². The number of imidazole rings is 1. The fourth-order valence-corrected chi connectivity index (χ4v) is 2.43. The molecule has 0 saturated carbocycles. The van der Waals surface area contributed by atoms with Gasteiger partial charge in [-0.25, -0.2) is 4.98 Å². The molecule has 3 aromatic rings. The molecule has 6 heteroatoms. The summed E-state index contributed by atoms with van der Waals surface area (Å²) in [5.41, 5.74) is 8.56. The highest BCUT2D eigenvalue weighted by Crippen LogP contribution is 2.27. The zero-order valence-electron chi connectivity index (χ0n) is 9.29. The number of nitrogens with zero attached hydrogens (tertiary/aromatic N) is 4. The first-order valence-corrected chi connectivity index (χ1v) is 6.10. The van der Waals surface area contributed by atoms with Gasteiger partial charge >= 0.3 is 0 Å². The second-order valence-corrected chi connectivity index (χ2v) is 4.50. The Bertz CT molecular complexity index is 656. The maximum absolute atomic E-state index is 5.81. The van der Waals surface area contributed by atoms with Gasteiger partial charge in [-0.2, -0.15) is 0 Å². The molecule has 1 aromatic carbocycles. The maximum atomic E-state index is 5.81. The number of nitrogens with two attached hydrogens (primary N) is 1. The second kappa shape index (κ2) is 3.81. The van der Waals surface area contributed by atoms with Gasteiger partial charge in [-0.1, -0.05) is 4.49 Å². The molecule has 0 amide bonds. The molecule has 0 spiro atoms. The number of nitrogen functional groups attached to an aromatic ring is 1. The van der Waals surface area contributed by atoms with E-state index >= 15 is 0 Å². The van der Waals surface area contributed by atoms with Gasteiger partial charge in [0.05, 0.1) is 17.2 Å². The van der Waals surface area contributed by atoms with E-state index in [0.717, 1.165) is 34.0 Å². The summed E-state index contributed by atoms with van der Waals surface area (Å²) in [6, 6.07) is 5.75. The van der Waals surface area contributed by atoms with E-state index in [0.29, 0.717) is 0 Å². The van der Waals surface area contributed by atoms with Gasteiger partial charge in [0.1, 0.15) is 4.88 Å². The first-order valence-electron chi connectivity index (χ1n) is 5.33. The van der Waals surface area contributed by atoms with Crippen LogP contribution in [0.2, 0.25) is 0 Å². The fourth-order valence-electron chi connectivity index (χ4n) is 1.91. The SMILES string of the molecule is CCn1c(-c2cnns2)nc2ccc(N)cc21. The van der Waals surface area contributed by atoms with Crippen molar-refractivity contribution >= 4 is 28.3 Å². The minimum absolute atomic E-state index is 0.751. The van der Waals surface area contributed by atoms with Crippen molar-refractivity contribution in [3.05, 3.63) is 24.4 Å². The fraction of sp³-hybridized carbons (Fsp3) is 0.182. The average molecular weight is 245 g/mol. The molecule has 0 unspecified atom stereocenters. The molecule has 0 aliphatic rings. The van der Waals surface area contributed by atoms with Crippen LogP contribution in [0.15, 0.2) is 24.4 Å². The molecule has 0 aliphatic carbocycles. The zero-order valence-corrected chi connectivity index (χ0v) is 10.1. The van der Waals surface area contributed by atoms with Gasteiger partial charge in [0.25, 0.3) is 0 Å². The number of hydrogen-bond donors (Lipinski definition) is 1. The van der Waals surface area contributed by atoms with Gasteiger partial charge < -0.3 is 10.3 Å². The van der Waals surface area contributed by atoms with Crippen molar-refractivity contribution in [3.8, 4) is 10.7 Å². The van der Waals surface area contributed by atoms with Gasteiger partial charge in [-0.3, -0.25) is 0 Å². The van der Waals surface area contributed by atoms with Crippen LogP contribution in [-0.4, -0.2) is 19.1 Å². The Morgan fingerprint density at radius 2 is 2.29 bits per heavy atom. The van der Waals surface area contributed by atoms with E-state index in [1.807, 2.05) is 18.2 Å². The molecular weight excluding hydrogens is 234 g/mol. The number of aryl methyl sites for hydroxylation is 1. The van der Waals surface area contributed by atoms with Crippen LogP contribution < -0.4 is 5.73 Å². The molecule has 86 valence electrons.